The van der Waals surface area contributed by atoms with Crippen LogP contribution in [0.2, 0.25) is 0 Å². The molecule has 0 saturated carbocycles. The van der Waals surface area contributed by atoms with Gasteiger partial charge in [-0.25, -0.2) is 9.78 Å². The summed E-state index contributed by atoms with van der Waals surface area (Å²) in [6.45, 7) is 2.02. The number of benzene rings is 3. The molecule has 0 saturated heterocycles. The van der Waals surface area contributed by atoms with E-state index in [1.807, 2.05) is 85.1 Å². The van der Waals surface area contributed by atoms with Crippen LogP contribution in [-0.4, -0.2) is 24.0 Å². The molecule has 5 rings (SSSR count). The maximum Gasteiger partial charge on any atom is 0.341 e. The molecule has 178 valence electrons. The first-order chi connectivity index (χ1) is 17.5. The Labute approximate surface area is 220 Å². The summed E-state index contributed by atoms with van der Waals surface area (Å²) < 4.78 is 6.00. The molecule has 0 fully saturated rings. The van der Waals surface area contributed by atoms with Crippen molar-refractivity contribution < 1.29 is 14.3 Å². The van der Waals surface area contributed by atoms with E-state index < -0.39 is 5.97 Å². The van der Waals surface area contributed by atoms with Crippen molar-refractivity contribution in [3.63, 3.8) is 0 Å². The van der Waals surface area contributed by atoms with Crippen molar-refractivity contribution in [1.29, 1.82) is 0 Å². The average Bonchev–Trinajstić information content (AvgIpc) is 3.31. The maximum atomic E-state index is 13.7. The number of nitrogens with zero attached hydrogens (tertiary/aromatic N) is 1. The minimum absolute atomic E-state index is 0.321. The lowest BCUT2D eigenvalue weighted by atomic mass is 10.0. The van der Waals surface area contributed by atoms with Gasteiger partial charge in [-0.1, -0.05) is 70.5 Å². The molecule has 0 bridgehead atoms. The first-order valence-electron chi connectivity index (χ1n) is 11.2. The topological polar surface area (TPSA) is 68.3 Å². The molecule has 0 atom stereocenters. The number of aromatic nitrogens is 1. The Balaban J connectivity index is 1.59. The predicted molar refractivity (Wildman–Crippen MR) is 149 cm³/mol. The Hall–Kier alpha value is -3.81. The number of aryl methyl sites for hydroxylation is 1. The molecule has 0 radical (unpaired) electrons. The molecule has 7 heteroatoms. The average molecular weight is 557 g/mol. The minimum atomic E-state index is -0.510. The summed E-state index contributed by atoms with van der Waals surface area (Å²) in [7, 11) is 1.34. The number of halogens is 1. The van der Waals surface area contributed by atoms with E-state index in [-0.39, 0.29) is 5.91 Å². The Morgan fingerprint density at radius 3 is 2.42 bits per heavy atom. The molecular formula is C29H21BrN2O3S. The number of thiophene rings is 1. The van der Waals surface area contributed by atoms with Crippen molar-refractivity contribution in [3.05, 3.63) is 105 Å². The number of amides is 1. The van der Waals surface area contributed by atoms with Gasteiger partial charge in [0.25, 0.3) is 5.91 Å². The van der Waals surface area contributed by atoms with Crippen LogP contribution in [0.1, 0.15) is 26.3 Å². The Morgan fingerprint density at radius 1 is 0.944 bits per heavy atom. The summed E-state index contributed by atoms with van der Waals surface area (Å²) in [5.74, 6) is -0.831. The van der Waals surface area contributed by atoms with Gasteiger partial charge >= 0.3 is 5.97 Å². The fourth-order valence-electron chi connectivity index (χ4n) is 4.13. The molecule has 3 aromatic carbocycles. The summed E-state index contributed by atoms with van der Waals surface area (Å²) in [6, 6.07) is 24.9. The van der Waals surface area contributed by atoms with E-state index in [0.717, 1.165) is 32.1 Å². The van der Waals surface area contributed by atoms with Crippen molar-refractivity contribution in [2.45, 2.75) is 6.92 Å². The molecule has 2 heterocycles. The van der Waals surface area contributed by atoms with E-state index in [4.69, 9.17) is 9.72 Å². The minimum Gasteiger partial charge on any atom is -0.465 e. The Bertz CT molecular complexity index is 1610. The van der Waals surface area contributed by atoms with Crippen molar-refractivity contribution >= 4 is 55.0 Å². The second-order valence-corrected chi connectivity index (χ2v) is 9.99. The normalized spacial score (nSPS) is 10.9. The van der Waals surface area contributed by atoms with Gasteiger partial charge in [0.05, 0.1) is 23.9 Å². The maximum absolute atomic E-state index is 13.7. The number of rotatable bonds is 5. The number of pyridine rings is 1. The number of hydrogen-bond acceptors (Lipinski definition) is 5. The fourth-order valence-corrected chi connectivity index (χ4v) is 5.35. The molecule has 36 heavy (non-hydrogen) atoms. The number of methoxy groups -OCH3 is 1. The number of carbonyl (C=O) groups excluding carboxylic acids is 2. The third kappa shape index (κ3) is 4.55. The zero-order valence-electron chi connectivity index (χ0n) is 19.5. The number of nitrogens with one attached hydrogen (secondary N) is 1. The van der Waals surface area contributed by atoms with Crippen LogP contribution in [0, 0.1) is 6.92 Å². The summed E-state index contributed by atoms with van der Waals surface area (Å²) in [4.78, 5) is 31.2. The first kappa shape index (κ1) is 23.9. The lowest BCUT2D eigenvalue weighted by Gasteiger charge is -2.12. The van der Waals surface area contributed by atoms with E-state index in [0.29, 0.717) is 27.4 Å². The molecule has 5 aromatic rings. The van der Waals surface area contributed by atoms with Crippen LogP contribution in [0.25, 0.3) is 33.3 Å². The third-order valence-corrected chi connectivity index (χ3v) is 7.37. The van der Waals surface area contributed by atoms with E-state index >= 15 is 0 Å². The van der Waals surface area contributed by atoms with Gasteiger partial charge in [-0.2, -0.15) is 0 Å². The molecule has 1 N–H and O–H groups in total. The molecule has 0 aliphatic heterocycles. The van der Waals surface area contributed by atoms with Gasteiger partial charge < -0.3 is 10.1 Å². The van der Waals surface area contributed by atoms with E-state index in [2.05, 4.69) is 21.2 Å². The van der Waals surface area contributed by atoms with Gasteiger partial charge in [0.15, 0.2) is 0 Å². The highest BCUT2D eigenvalue weighted by atomic mass is 79.9. The van der Waals surface area contributed by atoms with Crippen LogP contribution in [0.5, 0.6) is 0 Å². The van der Waals surface area contributed by atoms with Gasteiger partial charge in [-0.05, 0) is 42.3 Å². The number of carbonyl (C=O) groups is 2. The summed E-state index contributed by atoms with van der Waals surface area (Å²) in [6.07, 6.45) is 0. The zero-order chi connectivity index (χ0) is 25.2. The molecule has 0 unspecified atom stereocenters. The first-order valence-corrected chi connectivity index (χ1v) is 12.9. The quantitative estimate of drug-likeness (QED) is 0.225. The monoisotopic (exact) mass is 556 g/mol. The summed E-state index contributed by atoms with van der Waals surface area (Å²) in [5.41, 5.74) is 5.83. The highest BCUT2D eigenvalue weighted by molar-refractivity contribution is 9.10. The molecule has 0 spiro atoms. The molecule has 0 aliphatic rings. The van der Waals surface area contributed by atoms with Crippen molar-refractivity contribution in [2.24, 2.45) is 0 Å². The van der Waals surface area contributed by atoms with E-state index in [1.165, 1.54) is 18.4 Å². The largest absolute Gasteiger partial charge is 0.465 e. The predicted octanol–water partition coefficient (Wildman–Crippen LogP) is 7.74. The SMILES string of the molecule is COC(=O)c1c(-c2ccc(Br)cc2)csc1NC(=O)c1cc(-c2ccccc2C)nc2ccccc12. The van der Waals surface area contributed by atoms with Gasteiger partial charge in [-0.15, -0.1) is 11.3 Å². The number of ether oxygens (including phenoxy) is 1. The summed E-state index contributed by atoms with van der Waals surface area (Å²) in [5, 5.41) is 5.99. The fraction of sp³-hybridized carbons (Fsp3) is 0.0690. The number of anilines is 1. The van der Waals surface area contributed by atoms with E-state index in [9.17, 15) is 9.59 Å². The second-order valence-electron chi connectivity index (χ2n) is 8.19. The molecule has 5 nitrogen and oxygen atoms in total. The summed E-state index contributed by atoms with van der Waals surface area (Å²) >= 11 is 4.73. The van der Waals surface area contributed by atoms with Crippen LogP contribution in [0.15, 0.2) is 88.7 Å². The Morgan fingerprint density at radius 2 is 1.67 bits per heavy atom. The van der Waals surface area contributed by atoms with Gasteiger partial charge in [0.1, 0.15) is 10.6 Å². The standard InChI is InChI=1S/C29H21BrN2O3S/c1-17-7-3-4-8-20(17)25-15-22(21-9-5-6-10-24(21)31-25)27(33)32-28-26(29(34)35-2)23(16-36-28)18-11-13-19(30)14-12-18/h3-16H,1-2H3,(H,32,33). The highest BCUT2D eigenvalue weighted by Crippen LogP contribution is 2.37. The molecule has 0 aliphatic carbocycles. The zero-order valence-corrected chi connectivity index (χ0v) is 21.9. The van der Waals surface area contributed by atoms with Crippen molar-refractivity contribution in [2.75, 3.05) is 12.4 Å². The Kier molecular flexibility index (Phi) is 6.67. The van der Waals surface area contributed by atoms with Gasteiger partial charge in [0, 0.05) is 26.4 Å². The van der Waals surface area contributed by atoms with Crippen molar-refractivity contribution in [1.82, 2.24) is 4.98 Å². The number of fused-ring (bicyclic) bond motifs is 1. The van der Waals surface area contributed by atoms with Crippen LogP contribution in [-0.2, 0) is 4.74 Å². The number of para-hydroxylation sites is 1. The lowest BCUT2D eigenvalue weighted by Crippen LogP contribution is -2.15. The molecular weight excluding hydrogens is 536 g/mol. The third-order valence-electron chi connectivity index (χ3n) is 5.94. The van der Waals surface area contributed by atoms with Gasteiger partial charge in [0.2, 0.25) is 0 Å². The number of esters is 1. The number of hydrogen-bond donors (Lipinski definition) is 1. The second kappa shape index (κ2) is 10.0. The smallest absolute Gasteiger partial charge is 0.341 e. The van der Waals surface area contributed by atoms with Crippen LogP contribution in [0.3, 0.4) is 0 Å². The van der Waals surface area contributed by atoms with E-state index in [1.54, 1.807) is 6.07 Å². The lowest BCUT2D eigenvalue weighted by molar-refractivity contribution is 0.0603. The molecule has 1 amide bonds. The molecule has 2 aromatic heterocycles. The van der Waals surface area contributed by atoms with Crippen LogP contribution in [0.4, 0.5) is 5.00 Å². The van der Waals surface area contributed by atoms with Gasteiger partial charge in [-0.3, -0.25) is 4.79 Å². The highest BCUT2D eigenvalue weighted by Gasteiger charge is 2.24. The van der Waals surface area contributed by atoms with Crippen LogP contribution >= 0.6 is 27.3 Å². The van der Waals surface area contributed by atoms with Crippen molar-refractivity contribution in [3.8, 4) is 22.4 Å². The van der Waals surface area contributed by atoms with Crippen LogP contribution < -0.4 is 5.32 Å².